The van der Waals surface area contributed by atoms with E-state index >= 15 is 0 Å². The molecule has 0 aliphatic carbocycles. The number of rotatable bonds is 3. The van der Waals surface area contributed by atoms with Crippen molar-refractivity contribution in [2.45, 2.75) is 18.2 Å². The quantitative estimate of drug-likeness (QED) is 0.655. The zero-order valence-electron chi connectivity index (χ0n) is 9.78. The van der Waals surface area contributed by atoms with Gasteiger partial charge in [0.15, 0.2) is 0 Å². The average molecular weight is 272 g/mol. The summed E-state index contributed by atoms with van der Waals surface area (Å²) in [4.78, 5) is 0. The van der Waals surface area contributed by atoms with E-state index in [4.69, 9.17) is 5.84 Å². The van der Waals surface area contributed by atoms with Crippen LogP contribution in [0.1, 0.15) is 17.2 Å². The topological polar surface area (TPSA) is 38.0 Å². The summed E-state index contributed by atoms with van der Waals surface area (Å²) in [7, 11) is 0. The molecule has 2 atom stereocenters. The van der Waals surface area contributed by atoms with E-state index < -0.39 is 0 Å². The Morgan fingerprint density at radius 3 is 2.88 bits per heavy atom. The van der Waals surface area contributed by atoms with Gasteiger partial charge in [-0.2, -0.15) is 23.5 Å². The molecular weight excluding hydrogens is 255 g/mol. The third-order valence-corrected chi connectivity index (χ3v) is 5.81. The van der Waals surface area contributed by atoms with Crippen LogP contribution in [0.5, 0.6) is 0 Å². The summed E-state index contributed by atoms with van der Waals surface area (Å²) in [6, 6.07) is 5.40. The lowest BCUT2D eigenvalue weighted by molar-refractivity contribution is 0.544. The molecule has 0 amide bonds. The lowest BCUT2D eigenvalue weighted by Gasteiger charge is -2.29. The Morgan fingerprint density at radius 2 is 2.29 bits per heavy atom. The highest BCUT2D eigenvalue weighted by Gasteiger charge is 2.25. The van der Waals surface area contributed by atoms with Gasteiger partial charge in [-0.15, -0.1) is 0 Å². The first-order chi connectivity index (χ1) is 8.22. The number of thioether (sulfide) groups is 2. The van der Waals surface area contributed by atoms with Crippen LogP contribution in [0.2, 0.25) is 0 Å². The molecule has 1 fully saturated rings. The summed E-state index contributed by atoms with van der Waals surface area (Å²) in [5.74, 6) is 8.87. The Labute approximate surface area is 110 Å². The van der Waals surface area contributed by atoms with Crippen LogP contribution < -0.4 is 11.3 Å². The number of nitrogens with one attached hydrogen (secondary N) is 1. The minimum atomic E-state index is -0.156. The molecule has 5 heteroatoms. The van der Waals surface area contributed by atoms with E-state index in [2.05, 4.69) is 5.43 Å². The van der Waals surface area contributed by atoms with Gasteiger partial charge < -0.3 is 0 Å². The first kappa shape index (κ1) is 13.2. The SMILES string of the molecule is Cc1ccc(C(NN)C2CSCCS2)cc1F. The van der Waals surface area contributed by atoms with Crippen molar-refractivity contribution in [3.8, 4) is 0 Å². The molecule has 0 saturated carbocycles. The molecule has 1 aliphatic heterocycles. The van der Waals surface area contributed by atoms with Crippen LogP contribution in [0.15, 0.2) is 18.2 Å². The number of hydrogen-bond acceptors (Lipinski definition) is 4. The lowest BCUT2D eigenvalue weighted by atomic mass is 10.0. The zero-order chi connectivity index (χ0) is 12.3. The first-order valence-electron chi connectivity index (χ1n) is 5.64. The van der Waals surface area contributed by atoms with Crippen LogP contribution in [0.25, 0.3) is 0 Å². The van der Waals surface area contributed by atoms with Gasteiger partial charge >= 0.3 is 0 Å². The predicted molar refractivity (Wildman–Crippen MR) is 74.8 cm³/mol. The summed E-state index contributed by atoms with van der Waals surface area (Å²) >= 11 is 3.85. The summed E-state index contributed by atoms with van der Waals surface area (Å²) in [6.07, 6.45) is 0. The third-order valence-electron chi connectivity index (χ3n) is 2.95. The predicted octanol–water partition coefficient (Wildman–Crippen LogP) is 2.49. The standard InChI is InChI=1S/C12H17FN2S2/c1-8-2-3-9(6-10(8)13)12(15-14)11-7-16-4-5-17-11/h2-3,6,11-12,15H,4-5,7,14H2,1H3. The Bertz CT molecular complexity index is 381. The Hall–Kier alpha value is -0.230. The number of aryl methyl sites for hydroxylation is 1. The van der Waals surface area contributed by atoms with Gasteiger partial charge in [-0.1, -0.05) is 12.1 Å². The van der Waals surface area contributed by atoms with Gasteiger partial charge in [0.05, 0.1) is 6.04 Å². The Balaban J connectivity index is 2.18. The second-order valence-corrected chi connectivity index (χ2v) is 6.63. The summed E-state index contributed by atoms with van der Waals surface area (Å²) in [5.41, 5.74) is 4.45. The maximum absolute atomic E-state index is 13.6. The van der Waals surface area contributed by atoms with Gasteiger partial charge in [0.25, 0.3) is 0 Å². The molecule has 0 bridgehead atoms. The third kappa shape index (κ3) is 3.16. The van der Waals surface area contributed by atoms with Crippen molar-refractivity contribution in [1.82, 2.24) is 5.43 Å². The van der Waals surface area contributed by atoms with E-state index in [0.717, 1.165) is 17.1 Å². The molecule has 1 heterocycles. The highest BCUT2D eigenvalue weighted by atomic mass is 32.2. The minimum Gasteiger partial charge on any atom is -0.271 e. The normalized spacial score (nSPS) is 22.4. The van der Waals surface area contributed by atoms with E-state index in [1.165, 1.54) is 5.75 Å². The Morgan fingerprint density at radius 1 is 1.47 bits per heavy atom. The van der Waals surface area contributed by atoms with Gasteiger partial charge in [0, 0.05) is 22.5 Å². The fraction of sp³-hybridized carbons (Fsp3) is 0.500. The molecule has 1 aromatic carbocycles. The second-order valence-electron chi connectivity index (χ2n) is 4.14. The van der Waals surface area contributed by atoms with Crippen LogP contribution in [0, 0.1) is 12.7 Å². The first-order valence-corrected chi connectivity index (χ1v) is 7.84. The molecule has 3 N–H and O–H groups in total. The van der Waals surface area contributed by atoms with Crippen LogP contribution in [0.3, 0.4) is 0 Å². The molecule has 17 heavy (non-hydrogen) atoms. The van der Waals surface area contributed by atoms with Gasteiger partial charge in [0.2, 0.25) is 0 Å². The fourth-order valence-electron chi connectivity index (χ4n) is 1.92. The molecule has 0 spiro atoms. The number of hydrazine groups is 1. The smallest absolute Gasteiger partial charge is 0.126 e. The molecule has 0 aromatic heterocycles. The number of benzene rings is 1. The molecule has 94 valence electrons. The van der Waals surface area contributed by atoms with Gasteiger partial charge in [-0.25, -0.2) is 4.39 Å². The number of halogens is 1. The van der Waals surface area contributed by atoms with E-state index in [1.54, 1.807) is 13.0 Å². The molecular formula is C12H17FN2S2. The summed E-state index contributed by atoms with van der Waals surface area (Å²) in [5, 5.41) is 0.417. The van der Waals surface area contributed by atoms with Crippen LogP contribution in [-0.4, -0.2) is 22.5 Å². The van der Waals surface area contributed by atoms with Crippen molar-refractivity contribution < 1.29 is 4.39 Å². The maximum Gasteiger partial charge on any atom is 0.126 e. The lowest BCUT2D eigenvalue weighted by Crippen LogP contribution is -2.37. The van der Waals surface area contributed by atoms with Crippen molar-refractivity contribution in [3.63, 3.8) is 0 Å². The number of hydrogen-bond donors (Lipinski definition) is 2. The number of nitrogens with two attached hydrogens (primary N) is 1. The van der Waals surface area contributed by atoms with Crippen molar-refractivity contribution in [2.75, 3.05) is 17.3 Å². The van der Waals surface area contributed by atoms with Gasteiger partial charge in [-0.3, -0.25) is 11.3 Å². The summed E-state index contributed by atoms with van der Waals surface area (Å²) in [6.45, 7) is 1.77. The molecule has 2 rings (SSSR count). The average Bonchev–Trinajstić information content (AvgIpc) is 2.36. The molecule has 1 aliphatic rings. The van der Waals surface area contributed by atoms with Crippen molar-refractivity contribution in [3.05, 3.63) is 35.1 Å². The Kier molecular flexibility index (Phi) is 4.73. The highest BCUT2D eigenvalue weighted by molar-refractivity contribution is 8.06. The zero-order valence-corrected chi connectivity index (χ0v) is 11.4. The van der Waals surface area contributed by atoms with Gasteiger partial charge in [-0.05, 0) is 24.1 Å². The fourth-order valence-corrected chi connectivity index (χ4v) is 4.77. The van der Waals surface area contributed by atoms with Crippen molar-refractivity contribution in [1.29, 1.82) is 0 Å². The second kappa shape index (κ2) is 6.09. The van der Waals surface area contributed by atoms with Gasteiger partial charge in [0.1, 0.15) is 5.82 Å². The molecule has 2 nitrogen and oxygen atoms in total. The molecule has 0 radical (unpaired) electrons. The largest absolute Gasteiger partial charge is 0.271 e. The van der Waals surface area contributed by atoms with E-state index in [0.29, 0.717) is 10.8 Å². The molecule has 2 unspecified atom stereocenters. The highest BCUT2D eigenvalue weighted by Crippen LogP contribution is 2.33. The van der Waals surface area contributed by atoms with Crippen molar-refractivity contribution in [2.24, 2.45) is 5.84 Å². The van der Waals surface area contributed by atoms with E-state index in [-0.39, 0.29) is 11.9 Å². The molecule has 1 aromatic rings. The van der Waals surface area contributed by atoms with E-state index in [9.17, 15) is 4.39 Å². The maximum atomic E-state index is 13.6. The minimum absolute atomic E-state index is 0.0305. The molecule has 1 saturated heterocycles. The monoisotopic (exact) mass is 272 g/mol. The summed E-state index contributed by atoms with van der Waals surface area (Å²) < 4.78 is 13.6. The van der Waals surface area contributed by atoms with Crippen LogP contribution in [0.4, 0.5) is 4.39 Å². The van der Waals surface area contributed by atoms with Crippen molar-refractivity contribution >= 4 is 23.5 Å². The van der Waals surface area contributed by atoms with Crippen LogP contribution in [-0.2, 0) is 0 Å². The van der Waals surface area contributed by atoms with Crippen LogP contribution >= 0.6 is 23.5 Å². The van der Waals surface area contributed by atoms with E-state index in [1.807, 2.05) is 35.7 Å².